The molecule has 2 aliphatic heterocycles. The second-order valence-corrected chi connectivity index (χ2v) is 9.30. The standard InChI is InChI=1S/C24H31FN6/c1-15(2)30-9-6-19(21(25)14-30)20-11-22-18(10-16(20)3)13-26-31(22)24-12-23(27-17(4)28-24)29-7-5-8-29/h10-13,15,19,21H,5-9,14H2,1-4H3/t19-,21-/m1/s1. The molecule has 2 aromatic heterocycles. The van der Waals surface area contributed by atoms with Crippen molar-refractivity contribution in [3.63, 3.8) is 0 Å². The lowest BCUT2D eigenvalue weighted by Gasteiger charge is -2.37. The van der Waals surface area contributed by atoms with Crippen LogP contribution in [-0.2, 0) is 0 Å². The lowest BCUT2D eigenvalue weighted by Crippen LogP contribution is -2.44. The monoisotopic (exact) mass is 422 g/mol. The van der Waals surface area contributed by atoms with Gasteiger partial charge < -0.3 is 4.90 Å². The van der Waals surface area contributed by atoms with Gasteiger partial charge in [-0.3, -0.25) is 4.90 Å². The summed E-state index contributed by atoms with van der Waals surface area (Å²) in [5.41, 5.74) is 3.21. The Balaban J connectivity index is 1.53. The number of fused-ring (bicyclic) bond motifs is 1. The molecule has 6 nitrogen and oxygen atoms in total. The highest BCUT2D eigenvalue weighted by atomic mass is 19.1. The predicted molar refractivity (Wildman–Crippen MR) is 122 cm³/mol. The van der Waals surface area contributed by atoms with E-state index in [-0.39, 0.29) is 5.92 Å². The van der Waals surface area contributed by atoms with Crippen molar-refractivity contribution in [1.82, 2.24) is 24.6 Å². The van der Waals surface area contributed by atoms with Crippen LogP contribution >= 0.6 is 0 Å². The molecule has 0 bridgehead atoms. The summed E-state index contributed by atoms with van der Waals surface area (Å²) in [7, 11) is 0. The minimum atomic E-state index is -0.858. The van der Waals surface area contributed by atoms with Crippen LogP contribution in [0.25, 0.3) is 16.7 Å². The van der Waals surface area contributed by atoms with Crippen LogP contribution in [0.1, 0.15) is 49.6 Å². The Morgan fingerprint density at radius 3 is 2.48 bits per heavy atom. The van der Waals surface area contributed by atoms with Crippen molar-refractivity contribution < 1.29 is 4.39 Å². The summed E-state index contributed by atoms with van der Waals surface area (Å²) < 4.78 is 17.1. The molecule has 0 saturated carbocycles. The highest BCUT2D eigenvalue weighted by molar-refractivity contribution is 5.82. The molecule has 2 saturated heterocycles. The topological polar surface area (TPSA) is 50.1 Å². The fourth-order valence-electron chi connectivity index (χ4n) is 4.89. The Labute approximate surface area is 183 Å². The third kappa shape index (κ3) is 3.69. The third-order valence-electron chi connectivity index (χ3n) is 6.87. The molecule has 2 aliphatic rings. The summed E-state index contributed by atoms with van der Waals surface area (Å²) >= 11 is 0. The van der Waals surface area contributed by atoms with Crippen LogP contribution < -0.4 is 4.90 Å². The van der Waals surface area contributed by atoms with Gasteiger partial charge in [-0.15, -0.1) is 0 Å². The number of nitrogens with zero attached hydrogens (tertiary/aromatic N) is 6. The number of piperidine rings is 1. The van der Waals surface area contributed by atoms with Crippen molar-refractivity contribution in [1.29, 1.82) is 0 Å². The van der Waals surface area contributed by atoms with Gasteiger partial charge in [-0.25, -0.2) is 19.0 Å². The first-order chi connectivity index (χ1) is 14.9. The van der Waals surface area contributed by atoms with Crippen LogP contribution in [0, 0.1) is 13.8 Å². The summed E-state index contributed by atoms with van der Waals surface area (Å²) in [5, 5.41) is 5.69. The van der Waals surface area contributed by atoms with Crippen LogP contribution in [0.3, 0.4) is 0 Å². The first-order valence-electron chi connectivity index (χ1n) is 11.4. The van der Waals surface area contributed by atoms with Gasteiger partial charge in [-0.2, -0.15) is 5.10 Å². The molecule has 4 heterocycles. The normalized spacial score (nSPS) is 22.3. The number of aryl methyl sites for hydroxylation is 2. The molecule has 5 rings (SSSR count). The van der Waals surface area contributed by atoms with E-state index in [4.69, 9.17) is 0 Å². The van der Waals surface area contributed by atoms with Crippen LogP contribution in [0.5, 0.6) is 0 Å². The molecule has 1 aromatic carbocycles. The van der Waals surface area contributed by atoms with Crippen molar-refractivity contribution in [3.05, 3.63) is 41.3 Å². The van der Waals surface area contributed by atoms with E-state index in [1.165, 1.54) is 6.42 Å². The first kappa shape index (κ1) is 20.4. The Morgan fingerprint density at radius 1 is 1.03 bits per heavy atom. The van der Waals surface area contributed by atoms with E-state index in [0.717, 1.165) is 65.5 Å². The van der Waals surface area contributed by atoms with E-state index < -0.39 is 6.17 Å². The van der Waals surface area contributed by atoms with Gasteiger partial charge in [-0.1, -0.05) is 0 Å². The van der Waals surface area contributed by atoms with Crippen LogP contribution in [-0.4, -0.2) is 63.0 Å². The van der Waals surface area contributed by atoms with Gasteiger partial charge in [-0.05, 0) is 70.3 Å². The number of aromatic nitrogens is 4. The molecule has 2 atom stereocenters. The zero-order valence-electron chi connectivity index (χ0n) is 18.8. The second-order valence-electron chi connectivity index (χ2n) is 9.30. The lowest BCUT2D eigenvalue weighted by atomic mass is 9.84. The van der Waals surface area contributed by atoms with Gasteiger partial charge >= 0.3 is 0 Å². The summed E-state index contributed by atoms with van der Waals surface area (Å²) in [6.45, 7) is 11.8. The Bertz CT molecular complexity index is 1100. The fourth-order valence-corrected chi connectivity index (χ4v) is 4.89. The van der Waals surface area contributed by atoms with Crippen molar-refractivity contribution in [3.8, 4) is 5.82 Å². The Morgan fingerprint density at radius 2 is 1.81 bits per heavy atom. The molecule has 31 heavy (non-hydrogen) atoms. The molecule has 0 aliphatic carbocycles. The van der Waals surface area contributed by atoms with E-state index >= 15 is 4.39 Å². The van der Waals surface area contributed by atoms with Gasteiger partial charge in [0.25, 0.3) is 0 Å². The number of rotatable bonds is 4. The van der Waals surface area contributed by atoms with Gasteiger partial charge in [0.2, 0.25) is 0 Å². The van der Waals surface area contributed by atoms with Crippen LogP contribution in [0.15, 0.2) is 24.4 Å². The number of anilines is 1. The van der Waals surface area contributed by atoms with E-state index in [0.29, 0.717) is 12.6 Å². The third-order valence-corrected chi connectivity index (χ3v) is 6.87. The second kappa shape index (κ2) is 7.86. The lowest BCUT2D eigenvalue weighted by molar-refractivity contribution is 0.0938. The van der Waals surface area contributed by atoms with Crippen molar-refractivity contribution in [2.45, 2.75) is 58.7 Å². The highest BCUT2D eigenvalue weighted by Gasteiger charge is 2.32. The summed E-state index contributed by atoms with van der Waals surface area (Å²) in [6, 6.07) is 6.67. The number of alkyl halides is 1. The smallest absolute Gasteiger partial charge is 0.159 e. The van der Waals surface area contributed by atoms with E-state index in [1.54, 1.807) is 0 Å². The molecule has 0 radical (unpaired) electrons. The first-order valence-corrected chi connectivity index (χ1v) is 11.4. The molecule has 164 valence electrons. The van der Waals surface area contributed by atoms with Crippen molar-refractivity contribution in [2.24, 2.45) is 0 Å². The van der Waals surface area contributed by atoms with E-state index in [1.807, 2.05) is 23.9 Å². The minimum Gasteiger partial charge on any atom is -0.356 e. The van der Waals surface area contributed by atoms with Crippen molar-refractivity contribution in [2.75, 3.05) is 31.1 Å². The maximum absolute atomic E-state index is 15.2. The molecule has 0 amide bonds. The quantitative estimate of drug-likeness (QED) is 0.631. The molecular weight excluding hydrogens is 391 g/mol. The largest absolute Gasteiger partial charge is 0.356 e. The van der Waals surface area contributed by atoms with E-state index in [2.05, 4.69) is 57.8 Å². The Hall–Kier alpha value is -2.54. The number of hydrogen-bond acceptors (Lipinski definition) is 5. The molecule has 0 N–H and O–H groups in total. The molecule has 0 unspecified atom stereocenters. The average Bonchev–Trinajstić information content (AvgIpc) is 3.08. The maximum Gasteiger partial charge on any atom is 0.159 e. The molecule has 7 heteroatoms. The fraction of sp³-hybridized carbons (Fsp3) is 0.542. The number of benzene rings is 1. The van der Waals surface area contributed by atoms with Gasteiger partial charge in [0.1, 0.15) is 17.8 Å². The highest BCUT2D eigenvalue weighted by Crippen LogP contribution is 2.35. The minimum absolute atomic E-state index is 0.0773. The van der Waals surface area contributed by atoms with Gasteiger partial charge in [0.05, 0.1) is 11.7 Å². The van der Waals surface area contributed by atoms with Crippen LogP contribution in [0.4, 0.5) is 10.2 Å². The van der Waals surface area contributed by atoms with E-state index in [9.17, 15) is 0 Å². The zero-order chi connectivity index (χ0) is 21.7. The number of likely N-dealkylation sites (tertiary alicyclic amines) is 1. The maximum atomic E-state index is 15.2. The summed E-state index contributed by atoms with van der Waals surface area (Å²) in [4.78, 5) is 13.8. The Kier molecular flexibility index (Phi) is 5.16. The van der Waals surface area contributed by atoms with Crippen LogP contribution in [0.2, 0.25) is 0 Å². The van der Waals surface area contributed by atoms with Gasteiger partial charge in [0, 0.05) is 43.0 Å². The number of hydrogen-bond donors (Lipinski definition) is 0. The SMILES string of the molecule is Cc1nc(N2CCC2)cc(-n2ncc3cc(C)c([C@H]4CCN(C(C)C)C[C@H]4F)cc32)n1. The van der Waals surface area contributed by atoms with Crippen molar-refractivity contribution >= 4 is 16.7 Å². The van der Waals surface area contributed by atoms with Gasteiger partial charge in [0.15, 0.2) is 5.82 Å². The molecule has 3 aromatic rings. The average molecular weight is 423 g/mol. The number of halogens is 1. The summed E-state index contributed by atoms with van der Waals surface area (Å²) in [6.07, 6.45) is 3.06. The summed E-state index contributed by atoms with van der Waals surface area (Å²) in [5.74, 6) is 2.38. The molecule has 0 spiro atoms. The zero-order valence-corrected chi connectivity index (χ0v) is 18.8. The molecule has 2 fully saturated rings. The molecular formula is C24H31FN6. The predicted octanol–water partition coefficient (Wildman–Crippen LogP) is 4.18.